The minimum Gasteiger partial charge on any atom is -0.497 e. The predicted octanol–water partition coefficient (Wildman–Crippen LogP) is 3.07. The van der Waals surface area contributed by atoms with Crippen LogP contribution in [0.1, 0.15) is 32.8 Å². The number of hydrogen-bond acceptors (Lipinski definition) is 5. The minimum atomic E-state index is -4.05. The second-order valence-corrected chi connectivity index (χ2v) is 10.1. The summed E-state index contributed by atoms with van der Waals surface area (Å²) in [5.74, 6) is -2.89. The van der Waals surface area contributed by atoms with Gasteiger partial charge < -0.3 is 15.0 Å². The summed E-state index contributed by atoms with van der Waals surface area (Å²) in [5, 5.41) is 2.82. The van der Waals surface area contributed by atoms with E-state index in [1.807, 2.05) is 13.8 Å². The number of rotatable bonds is 11. The van der Waals surface area contributed by atoms with Gasteiger partial charge in [-0.2, -0.15) is 0 Å². The summed E-state index contributed by atoms with van der Waals surface area (Å²) in [4.78, 5) is 27.5. The molecule has 8 nitrogen and oxygen atoms in total. The highest BCUT2D eigenvalue weighted by Crippen LogP contribution is 2.22. The number of hydrogen-bond donors (Lipinski definition) is 1. The summed E-state index contributed by atoms with van der Waals surface area (Å²) < 4.78 is 57.9. The number of nitrogens with zero attached hydrogens (tertiary/aromatic N) is 2. The quantitative estimate of drug-likeness (QED) is 0.500. The van der Waals surface area contributed by atoms with Crippen molar-refractivity contribution in [2.75, 3.05) is 24.2 Å². The van der Waals surface area contributed by atoms with Crippen molar-refractivity contribution >= 4 is 27.5 Å². The predicted molar refractivity (Wildman–Crippen MR) is 129 cm³/mol. The van der Waals surface area contributed by atoms with Crippen molar-refractivity contribution in [1.82, 2.24) is 10.2 Å². The first-order chi connectivity index (χ1) is 16.4. The number of ether oxygens (including phenoxy) is 1. The van der Waals surface area contributed by atoms with Crippen molar-refractivity contribution in [3.05, 3.63) is 59.7 Å². The van der Waals surface area contributed by atoms with Gasteiger partial charge in [-0.15, -0.1) is 0 Å². The molecule has 2 aromatic carbocycles. The van der Waals surface area contributed by atoms with Gasteiger partial charge in [0.05, 0.1) is 19.1 Å². The summed E-state index contributed by atoms with van der Waals surface area (Å²) in [6.07, 6.45) is 1.54. The van der Waals surface area contributed by atoms with Gasteiger partial charge in [-0.25, -0.2) is 17.2 Å². The maximum Gasteiger partial charge on any atom is 0.244 e. The first-order valence-corrected chi connectivity index (χ1v) is 12.9. The second-order valence-electron chi connectivity index (χ2n) is 8.23. The fourth-order valence-electron chi connectivity index (χ4n) is 3.23. The van der Waals surface area contributed by atoms with Gasteiger partial charge in [0.1, 0.15) is 18.3 Å². The molecule has 2 atom stereocenters. The van der Waals surface area contributed by atoms with Gasteiger partial charge in [-0.05, 0) is 50.1 Å². The smallest absolute Gasteiger partial charge is 0.244 e. The Balaban J connectivity index is 2.40. The molecule has 2 aromatic rings. The summed E-state index contributed by atoms with van der Waals surface area (Å²) in [7, 11) is -2.53. The monoisotopic (exact) mass is 511 g/mol. The van der Waals surface area contributed by atoms with Gasteiger partial charge in [0, 0.05) is 18.7 Å². The molecule has 192 valence electrons. The SMILES string of the molecule is CC[C@@H](C)NC(=O)[C@H](C)N(Cc1ccc(OC)cc1)C(=O)CN(c1ccc(F)c(F)c1)S(C)(=O)=O. The number of halogens is 2. The van der Waals surface area contributed by atoms with Crippen LogP contribution in [0.15, 0.2) is 42.5 Å². The second kappa shape index (κ2) is 12.0. The lowest BCUT2D eigenvalue weighted by atomic mass is 10.1. The molecule has 1 N–H and O–H groups in total. The summed E-state index contributed by atoms with van der Waals surface area (Å²) in [6.45, 7) is 4.58. The Morgan fingerprint density at radius 3 is 2.20 bits per heavy atom. The lowest BCUT2D eigenvalue weighted by Gasteiger charge is -2.32. The summed E-state index contributed by atoms with van der Waals surface area (Å²) >= 11 is 0. The number of methoxy groups -OCH3 is 1. The van der Waals surface area contributed by atoms with Gasteiger partial charge in [0.15, 0.2) is 11.6 Å². The van der Waals surface area contributed by atoms with Crippen molar-refractivity contribution in [1.29, 1.82) is 0 Å². The summed E-state index contributed by atoms with van der Waals surface area (Å²) in [6, 6.07) is 8.34. The Kier molecular flexibility index (Phi) is 9.58. The molecule has 0 aliphatic carbocycles. The molecular weight excluding hydrogens is 480 g/mol. The van der Waals surface area contributed by atoms with Crippen LogP contribution in [0.3, 0.4) is 0 Å². The van der Waals surface area contributed by atoms with Crippen molar-refractivity contribution in [2.24, 2.45) is 0 Å². The summed E-state index contributed by atoms with van der Waals surface area (Å²) in [5.41, 5.74) is 0.474. The van der Waals surface area contributed by atoms with Gasteiger partial charge in [0.25, 0.3) is 0 Å². The van der Waals surface area contributed by atoms with Gasteiger partial charge in [-0.1, -0.05) is 19.1 Å². The first kappa shape index (κ1) is 28.0. The van der Waals surface area contributed by atoms with Crippen LogP contribution in [-0.4, -0.2) is 57.1 Å². The largest absolute Gasteiger partial charge is 0.497 e. The molecule has 0 heterocycles. The molecule has 0 aliphatic rings. The van der Waals surface area contributed by atoms with Crippen LogP contribution in [0.2, 0.25) is 0 Å². The molecule has 0 spiro atoms. The maximum atomic E-state index is 13.8. The number of carbonyl (C=O) groups excluding carboxylic acids is 2. The van der Waals surface area contributed by atoms with E-state index in [2.05, 4.69) is 5.32 Å². The average Bonchev–Trinajstić information content (AvgIpc) is 2.81. The minimum absolute atomic E-state index is 0.00724. The standard InChI is InChI=1S/C24H31F2N3O5S/c1-6-16(2)27-24(31)17(3)28(14-18-7-10-20(34-4)11-8-18)23(30)15-29(35(5,32)33)19-9-12-21(25)22(26)13-19/h7-13,16-17H,6,14-15H2,1-5H3,(H,27,31)/t16-,17+/m1/s1. The Bertz CT molecular complexity index is 1140. The van der Waals surface area contributed by atoms with E-state index in [0.717, 1.165) is 18.4 Å². The van der Waals surface area contributed by atoms with E-state index < -0.39 is 46.1 Å². The molecule has 0 bridgehead atoms. The number of nitrogens with one attached hydrogen (secondary N) is 1. The molecule has 0 unspecified atom stereocenters. The van der Waals surface area contributed by atoms with Crippen LogP contribution in [0.5, 0.6) is 5.75 Å². The van der Waals surface area contributed by atoms with Crippen molar-refractivity contribution in [3.63, 3.8) is 0 Å². The van der Waals surface area contributed by atoms with Crippen LogP contribution in [-0.2, 0) is 26.2 Å². The Hall–Kier alpha value is -3.21. The maximum absolute atomic E-state index is 13.8. The molecule has 0 aromatic heterocycles. The number of anilines is 1. The van der Waals surface area contributed by atoms with Gasteiger partial charge in [-0.3, -0.25) is 13.9 Å². The molecule has 11 heteroatoms. The molecule has 0 saturated carbocycles. The highest BCUT2D eigenvalue weighted by molar-refractivity contribution is 7.92. The molecule has 35 heavy (non-hydrogen) atoms. The zero-order chi connectivity index (χ0) is 26.3. The van der Waals surface area contributed by atoms with Gasteiger partial charge in [0.2, 0.25) is 21.8 Å². The number of amides is 2. The van der Waals surface area contributed by atoms with E-state index >= 15 is 0 Å². The highest BCUT2D eigenvalue weighted by Gasteiger charge is 2.30. The lowest BCUT2D eigenvalue weighted by Crippen LogP contribution is -2.52. The molecule has 2 amide bonds. The van der Waals surface area contributed by atoms with E-state index in [4.69, 9.17) is 4.74 Å². The fraction of sp³-hybridized carbons (Fsp3) is 0.417. The third-order valence-corrected chi connectivity index (χ3v) is 6.69. The molecule has 2 rings (SSSR count). The van der Waals surface area contributed by atoms with E-state index in [9.17, 15) is 26.8 Å². The first-order valence-electron chi connectivity index (χ1n) is 11.0. The Morgan fingerprint density at radius 2 is 1.69 bits per heavy atom. The van der Waals surface area contributed by atoms with Crippen LogP contribution in [0, 0.1) is 11.6 Å². The van der Waals surface area contributed by atoms with E-state index in [-0.39, 0.29) is 18.3 Å². The molecule has 0 radical (unpaired) electrons. The third kappa shape index (κ3) is 7.64. The van der Waals surface area contributed by atoms with Gasteiger partial charge >= 0.3 is 0 Å². The Labute approximate surface area is 204 Å². The highest BCUT2D eigenvalue weighted by atomic mass is 32.2. The van der Waals surface area contributed by atoms with Crippen LogP contribution in [0.4, 0.5) is 14.5 Å². The normalized spacial score (nSPS) is 13.0. The van der Waals surface area contributed by atoms with E-state index in [1.165, 1.54) is 12.0 Å². The molecule has 0 saturated heterocycles. The van der Waals surface area contributed by atoms with Crippen molar-refractivity contribution in [3.8, 4) is 5.75 Å². The molecule has 0 fully saturated rings. The van der Waals surface area contributed by atoms with Crippen LogP contribution < -0.4 is 14.4 Å². The third-order valence-electron chi connectivity index (χ3n) is 5.55. The lowest BCUT2D eigenvalue weighted by molar-refractivity contribution is -0.139. The molecule has 0 aliphatic heterocycles. The zero-order valence-corrected chi connectivity index (χ0v) is 21.2. The fourth-order valence-corrected chi connectivity index (χ4v) is 4.07. The zero-order valence-electron chi connectivity index (χ0n) is 20.4. The number of sulfonamides is 1. The number of benzene rings is 2. The van der Waals surface area contributed by atoms with E-state index in [0.29, 0.717) is 28.1 Å². The van der Waals surface area contributed by atoms with Crippen molar-refractivity contribution in [2.45, 2.75) is 45.8 Å². The Morgan fingerprint density at radius 1 is 1.06 bits per heavy atom. The van der Waals surface area contributed by atoms with Crippen LogP contribution in [0.25, 0.3) is 0 Å². The van der Waals surface area contributed by atoms with Crippen molar-refractivity contribution < 1.29 is 31.5 Å². The van der Waals surface area contributed by atoms with Crippen LogP contribution >= 0.6 is 0 Å². The topological polar surface area (TPSA) is 96.0 Å². The average molecular weight is 512 g/mol. The number of carbonyl (C=O) groups is 2. The molecular formula is C24H31F2N3O5S. The van der Waals surface area contributed by atoms with E-state index in [1.54, 1.807) is 31.2 Å².